The fourth-order valence-electron chi connectivity index (χ4n) is 3.71. The molecule has 0 N–H and O–H groups in total. The molecule has 0 aliphatic carbocycles. The van der Waals surface area contributed by atoms with Crippen LogP contribution in [0.15, 0.2) is 66.7 Å². The maximum absolute atomic E-state index is 13.1. The van der Waals surface area contributed by atoms with Gasteiger partial charge in [-0.3, -0.25) is 9.59 Å². The highest BCUT2D eigenvalue weighted by atomic mass is 16.2. The minimum atomic E-state index is -0.0109. The van der Waals surface area contributed by atoms with E-state index in [1.807, 2.05) is 64.4 Å². The molecule has 4 nitrogen and oxygen atoms in total. The Bertz CT molecular complexity index is 822. The van der Waals surface area contributed by atoms with Crippen LogP contribution in [-0.4, -0.2) is 40.7 Å². The summed E-state index contributed by atoms with van der Waals surface area (Å²) in [6.45, 7) is 6.02. The maximum atomic E-state index is 13.1. The van der Waals surface area contributed by atoms with Crippen molar-refractivity contribution in [3.8, 4) is 0 Å². The van der Waals surface area contributed by atoms with Crippen LogP contribution in [0.1, 0.15) is 37.8 Å². The summed E-state index contributed by atoms with van der Waals surface area (Å²) in [5.41, 5.74) is 2.16. The second-order valence-corrected chi connectivity index (χ2v) is 7.89. The Labute approximate surface area is 173 Å². The van der Waals surface area contributed by atoms with E-state index in [0.29, 0.717) is 19.6 Å². The van der Waals surface area contributed by atoms with Crippen LogP contribution in [0.5, 0.6) is 0 Å². The summed E-state index contributed by atoms with van der Waals surface area (Å²) >= 11 is 0. The molecule has 3 rings (SSSR count). The zero-order chi connectivity index (χ0) is 20.6. The zero-order valence-corrected chi connectivity index (χ0v) is 17.3. The van der Waals surface area contributed by atoms with Crippen LogP contribution < -0.4 is 0 Å². The molecular formula is C25H30N2O2. The first-order valence-electron chi connectivity index (χ1n) is 10.4. The van der Waals surface area contributed by atoms with Crippen molar-refractivity contribution in [2.45, 2.75) is 39.3 Å². The van der Waals surface area contributed by atoms with Crippen LogP contribution in [0.25, 0.3) is 6.08 Å². The standard InChI is InChI=1S/C25H30N2O2/c1-20(2)27(19-22-11-7-4-8-12-22)25(29)23-15-17-26(18-16-23)24(28)14-13-21-9-5-3-6-10-21/h3-14,20,23H,15-19H2,1-2H3/b14-13+. The molecule has 2 amide bonds. The second kappa shape index (κ2) is 10.1. The van der Waals surface area contributed by atoms with Crippen molar-refractivity contribution in [2.75, 3.05) is 13.1 Å². The Balaban J connectivity index is 1.55. The third-order valence-electron chi connectivity index (χ3n) is 5.48. The molecule has 29 heavy (non-hydrogen) atoms. The van der Waals surface area contributed by atoms with E-state index < -0.39 is 0 Å². The summed E-state index contributed by atoms with van der Waals surface area (Å²) in [5, 5.41) is 0. The lowest BCUT2D eigenvalue weighted by Crippen LogP contribution is -2.45. The van der Waals surface area contributed by atoms with E-state index in [-0.39, 0.29) is 23.8 Å². The van der Waals surface area contributed by atoms with Gasteiger partial charge in [-0.25, -0.2) is 0 Å². The van der Waals surface area contributed by atoms with Crippen molar-refractivity contribution in [3.05, 3.63) is 77.9 Å². The van der Waals surface area contributed by atoms with E-state index in [1.54, 1.807) is 6.08 Å². The predicted molar refractivity (Wildman–Crippen MR) is 117 cm³/mol. The molecule has 0 saturated carbocycles. The molecule has 4 heteroatoms. The van der Waals surface area contributed by atoms with Crippen LogP contribution in [-0.2, 0) is 16.1 Å². The number of rotatable bonds is 6. The van der Waals surface area contributed by atoms with Crippen molar-refractivity contribution in [1.29, 1.82) is 0 Å². The van der Waals surface area contributed by atoms with Gasteiger partial charge in [-0.1, -0.05) is 60.7 Å². The summed E-state index contributed by atoms with van der Waals surface area (Å²) in [4.78, 5) is 29.4. The molecule has 0 atom stereocenters. The molecule has 0 spiro atoms. The lowest BCUT2D eigenvalue weighted by molar-refractivity contribution is -0.141. The number of likely N-dealkylation sites (tertiary alicyclic amines) is 1. The summed E-state index contributed by atoms with van der Waals surface area (Å²) in [7, 11) is 0. The third kappa shape index (κ3) is 5.80. The Hall–Kier alpha value is -2.88. The van der Waals surface area contributed by atoms with Crippen LogP contribution in [0.3, 0.4) is 0 Å². The largest absolute Gasteiger partial charge is 0.339 e. The SMILES string of the molecule is CC(C)N(Cc1ccccc1)C(=O)C1CCN(C(=O)/C=C/c2ccccc2)CC1. The monoisotopic (exact) mass is 390 g/mol. The van der Waals surface area contributed by atoms with Gasteiger partial charge in [0.25, 0.3) is 0 Å². The molecule has 0 bridgehead atoms. The quantitative estimate of drug-likeness (QED) is 0.687. The van der Waals surface area contributed by atoms with Gasteiger partial charge in [0, 0.05) is 37.7 Å². The van der Waals surface area contributed by atoms with Gasteiger partial charge in [-0.15, -0.1) is 0 Å². The molecule has 1 aliphatic rings. The zero-order valence-electron chi connectivity index (χ0n) is 17.3. The van der Waals surface area contributed by atoms with Crippen LogP contribution >= 0.6 is 0 Å². The van der Waals surface area contributed by atoms with Crippen molar-refractivity contribution >= 4 is 17.9 Å². The first-order valence-corrected chi connectivity index (χ1v) is 10.4. The molecule has 2 aromatic rings. The average Bonchev–Trinajstić information content (AvgIpc) is 2.76. The van der Waals surface area contributed by atoms with Crippen molar-refractivity contribution in [3.63, 3.8) is 0 Å². The topological polar surface area (TPSA) is 40.6 Å². The minimum Gasteiger partial charge on any atom is -0.339 e. The highest BCUT2D eigenvalue weighted by Crippen LogP contribution is 2.22. The summed E-state index contributed by atoms with van der Waals surface area (Å²) in [6, 6.07) is 20.1. The summed E-state index contributed by atoms with van der Waals surface area (Å²) in [6.07, 6.45) is 4.93. The smallest absolute Gasteiger partial charge is 0.246 e. The molecular weight excluding hydrogens is 360 g/mol. The highest BCUT2D eigenvalue weighted by Gasteiger charge is 2.30. The van der Waals surface area contributed by atoms with Crippen molar-refractivity contribution in [2.24, 2.45) is 5.92 Å². The Morgan fingerprint density at radius 2 is 1.59 bits per heavy atom. The third-order valence-corrected chi connectivity index (χ3v) is 5.48. The van der Waals surface area contributed by atoms with E-state index in [1.165, 1.54) is 0 Å². The number of carbonyl (C=O) groups is 2. The fraction of sp³-hybridized carbons (Fsp3) is 0.360. The van der Waals surface area contributed by atoms with E-state index in [9.17, 15) is 9.59 Å². The number of hydrogen-bond donors (Lipinski definition) is 0. The Morgan fingerprint density at radius 3 is 2.17 bits per heavy atom. The minimum absolute atomic E-state index is 0.0109. The van der Waals surface area contributed by atoms with E-state index in [0.717, 1.165) is 24.0 Å². The number of amides is 2. The van der Waals surface area contributed by atoms with Crippen LogP contribution in [0, 0.1) is 5.92 Å². The molecule has 1 heterocycles. The first kappa shape index (κ1) is 20.8. The molecule has 0 radical (unpaired) electrons. The normalized spacial score (nSPS) is 15.1. The highest BCUT2D eigenvalue weighted by molar-refractivity contribution is 5.92. The van der Waals surface area contributed by atoms with E-state index in [4.69, 9.17) is 0 Å². The first-order chi connectivity index (χ1) is 14.0. The van der Waals surface area contributed by atoms with Crippen molar-refractivity contribution < 1.29 is 9.59 Å². The fourth-order valence-corrected chi connectivity index (χ4v) is 3.71. The predicted octanol–water partition coefficient (Wildman–Crippen LogP) is 4.38. The molecule has 152 valence electrons. The second-order valence-electron chi connectivity index (χ2n) is 7.89. The summed E-state index contributed by atoms with van der Waals surface area (Å²) < 4.78 is 0. The van der Waals surface area contributed by atoms with Gasteiger partial charge >= 0.3 is 0 Å². The van der Waals surface area contributed by atoms with Crippen LogP contribution in [0.4, 0.5) is 0 Å². The van der Waals surface area contributed by atoms with Crippen molar-refractivity contribution in [1.82, 2.24) is 9.80 Å². The van der Waals surface area contributed by atoms with E-state index in [2.05, 4.69) is 26.0 Å². The average molecular weight is 391 g/mol. The number of piperidine rings is 1. The molecule has 2 aromatic carbocycles. The van der Waals surface area contributed by atoms with Gasteiger partial charge in [-0.05, 0) is 43.9 Å². The molecule has 0 unspecified atom stereocenters. The lowest BCUT2D eigenvalue weighted by atomic mass is 9.94. The van der Waals surface area contributed by atoms with Gasteiger partial charge in [0.05, 0.1) is 0 Å². The number of hydrogen-bond acceptors (Lipinski definition) is 2. The number of nitrogens with zero attached hydrogens (tertiary/aromatic N) is 2. The van der Waals surface area contributed by atoms with E-state index >= 15 is 0 Å². The summed E-state index contributed by atoms with van der Waals surface area (Å²) in [5.74, 6) is 0.212. The van der Waals surface area contributed by atoms with Crippen LogP contribution in [0.2, 0.25) is 0 Å². The lowest BCUT2D eigenvalue weighted by Gasteiger charge is -2.35. The Kier molecular flexibility index (Phi) is 7.23. The van der Waals surface area contributed by atoms with Gasteiger partial charge in [0.2, 0.25) is 11.8 Å². The maximum Gasteiger partial charge on any atom is 0.246 e. The molecule has 0 aromatic heterocycles. The van der Waals surface area contributed by atoms with Gasteiger partial charge in [0.15, 0.2) is 0 Å². The number of carbonyl (C=O) groups excluding carboxylic acids is 2. The Morgan fingerprint density at radius 1 is 1.00 bits per heavy atom. The molecule has 1 aliphatic heterocycles. The number of benzene rings is 2. The molecule has 1 fully saturated rings. The van der Waals surface area contributed by atoms with Gasteiger partial charge in [0.1, 0.15) is 0 Å². The van der Waals surface area contributed by atoms with Gasteiger partial charge < -0.3 is 9.80 Å². The van der Waals surface area contributed by atoms with Gasteiger partial charge in [-0.2, -0.15) is 0 Å². The molecule has 1 saturated heterocycles.